The predicted molar refractivity (Wildman–Crippen MR) is 60.3 cm³/mol. The molecule has 5 nitrogen and oxygen atoms in total. The second kappa shape index (κ2) is 8.90. The first-order chi connectivity index (χ1) is 7.88. The van der Waals surface area contributed by atoms with Crippen LogP contribution in [0, 0.1) is 0 Å². The Balaban J connectivity index is 2.22. The summed E-state index contributed by atoms with van der Waals surface area (Å²) in [6.45, 7) is 4.83. The molecule has 1 aliphatic heterocycles. The van der Waals surface area contributed by atoms with Crippen molar-refractivity contribution in [2.24, 2.45) is 0 Å². The van der Waals surface area contributed by atoms with Crippen molar-refractivity contribution in [2.75, 3.05) is 53.2 Å². The molecule has 1 unspecified atom stereocenters. The summed E-state index contributed by atoms with van der Waals surface area (Å²) in [5, 5.41) is 9.01. The van der Waals surface area contributed by atoms with Crippen LogP contribution in [0.5, 0.6) is 0 Å². The lowest BCUT2D eigenvalue weighted by molar-refractivity contribution is -0.106. The summed E-state index contributed by atoms with van der Waals surface area (Å²) in [6.07, 6.45) is 1.57. The van der Waals surface area contributed by atoms with E-state index in [9.17, 15) is 0 Å². The monoisotopic (exact) mass is 233 g/mol. The molecule has 0 aromatic heterocycles. The highest BCUT2D eigenvalue weighted by Crippen LogP contribution is 2.09. The molecule has 1 rings (SSSR count). The van der Waals surface area contributed by atoms with E-state index in [1.54, 1.807) is 7.11 Å². The molecule has 0 radical (unpaired) electrons. The summed E-state index contributed by atoms with van der Waals surface area (Å²) in [5.41, 5.74) is 0. The maximum atomic E-state index is 9.01. The molecule has 1 fully saturated rings. The van der Waals surface area contributed by atoms with Crippen LogP contribution in [0.4, 0.5) is 0 Å². The van der Waals surface area contributed by atoms with Crippen LogP contribution in [0.2, 0.25) is 0 Å². The van der Waals surface area contributed by atoms with Crippen LogP contribution in [-0.4, -0.2) is 69.5 Å². The van der Waals surface area contributed by atoms with Gasteiger partial charge in [0.2, 0.25) is 0 Å². The summed E-state index contributed by atoms with van der Waals surface area (Å²) in [6, 6.07) is 0. The molecular weight excluding hydrogens is 210 g/mol. The van der Waals surface area contributed by atoms with Gasteiger partial charge in [0.15, 0.2) is 0 Å². The molecule has 0 aliphatic carbocycles. The number of nitrogens with zero attached hydrogens (tertiary/aromatic N) is 1. The molecule has 16 heavy (non-hydrogen) atoms. The SMILES string of the molecule is COCCCOC(CCO)N1CCOCC1. The van der Waals surface area contributed by atoms with Crippen molar-refractivity contribution >= 4 is 0 Å². The minimum Gasteiger partial charge on any atom is -0.396 e. The standard InChI is InChI=1S/C11H23NO4/c1-14-7-2-8-16-11(3-6-13)12-4-9-15-10-5-12/h11,13H,2-10H2,1H3. The summed E-state index contributed by atoms with van der Waals surface area (Å²) in [4.78, 5) is 2.23. The maximum absolute atomic E-state index is 9.01. The van der Waals surface area contributed by atoms with E-state index < -0.39 is 0 Å². The Hall–Kier alpha value is -0.200. The lowest BCUT2D eigenvalue weighted by Crippen LogP contribution is -2.45. The fourth-order valence-corrected chi connectivity index (χ4v) is 1.77. The van der Waals surface area contributed by atoms with Crippen LogP contribution in [0.1, 0.15) is 12.8 Å². The van der Waals surface area contributed by atoms with Gasteiger partial charge in [0.25, 0.3) is 0 Å². The number of morpholine rings is 1. The van der Waals surface area contributed by atoms with Gasteiger partial charge in [-0.1, -0.05) is 0 Å². The summed E-state index contributed by atoms with van der Waals surface area (Å²) in [7, 11) is 1.69. The third-order valence-electron chi connectivity index (χ3n) is 2.63. The van der Waals surface area contributed by atoms with Crippen molar-refractivity contribution in [1.82, 2.24) is 4.90 Å². The molecule has 1 aliphatic rings. The fraction of sp³-hybridized carbons (Fsp3) is 1.00. The Morgan fingerprint density at radius 3 is 2.69 bits per heavy atom. The zero-order chi connectivity index (χ0) is 11.6. The number of hydrogen-bond acceptors (Lipinski definition) is 5. The number of aliphatic hydroxyl groups excluding tert-OH is 1. The second-order valence-corrected chi connectivity index (χ2v) is 3.83. The predicted octanol–water partition coefficient (Wildman–Crippen LogP) is 0.0802. The van der Waals surface area contributed by atoms with Crippen LogP contribution >= 0.6 is 0 Å². The van der Waals surface area contributed by atoms with E-state index in [-0.39, 0.29) is 12.8 Å². The molecule has 0 bridgehead atoms. The van der Waals surface area contributed by atoms with Crippen molar-refractivity contribution in [3.63, 3.8) is 0 Å². The Labute approximate surface area is 97.3 Å². The first-order valence-electron chi connectivity index (χ1n) is 5.91. The molecule has 1 N–H and O–H groups in total. The fourth-order valence-electron chi connectivity index (χ4n) is 1.77. The molecule has 1 atom stereocenters. The van der Waals surface area contributed by atoms with Crippen molar-refractivity contribution in [3.8, 4) is 0 Å². The average Bonchev–Trinajstić information content (AvgIpc) is 2.34. The highest BCUT2D eigenvalue weighted by Gasteiger charge is 2.20. The largest absolute Gasteiger partial charge is 0.396 e. The molecule has 0 saturated carbocycles. The highest BCUT2D eigenvalue weighted by atomic mass is 16.5. The zero-order valence-corrected chi connectivity index (χ0v) is 10.1. The molecule has 1 saturated heterocycles. The molecule has 0 aromatic rings. The highest BCUT2D eigenvalue weighted by molar-refractivity contribution is 4.66. The molecule has 1 heterocycles. The van der Waals surface area contributed by atoms with E-state index >= 15 is 0 Å². The van der Waals surface area contributed by atoms with Gasteiger partial charge in [-0.15, -0.1) is 0 Å². The maximum Gasteiger partial charge on any atom is 0.112 e. The van der Waals surface area contributed by atoms with E-state index in [1.165, 1.54) is 0 Å². The van der Waals surface area contributed by atoms with E-state index in [0.717, 1.165) is 39.3 Å². The molecule has 5 heteroatoms. The summed E-state index contributed by atoms with van der Waals surface area (Å²) >= 11 is 0. The van der Waals surface area contributed by atoms with Crippen LogP contribution in [0.3, 0.4) is 0 Å². The van der Waals surface area contributed by atoms with Crippen molar-refractivity contribution < 1.29 is 19.3 Å². The topological polar surface area (TPSA) is 51.2 Å². The van der Waals surface area contributed by atoms with Gasteiger partial charge in [-0.2, -0.15) is 0 Å². The molecule has 0 aromatic carbocycles. The van der Waals surface area contributed by atoms with Crippen LogP contribution in [0.25, 0.3) is 0 Å². The summed E-state index contributed by atoms with van der Waals surface area (Å²) in [5.74, 6) is 0. The van der Waals surface area contributed by atoms with E-state index in [2.05, 4.69) is 4.90 Å². The lowest BCUT2D eigenvalue weighted by atomic mass is 10.3. The van der Waals surface area contributed by atoms with E-state index in [1.807, 2.05) is 0 Å². The zero-order valence-electron chi connectivity index (χ0n) is 10.1. The van der Waals surface area contributed by atoms with Crippen LogP contribution in [-0.2, 0) is 14.2 Å². The number of aliphatic hydroxyl groups is 1. The lowest BCUT2D eigenvalue weighted by Gasteiger charge is -2.34. The van der Waals surface area contributed by atoms with Crippen molar-refractivity contribution in [1.29, 1.82) is 0 Å². The van der Waals surface area contributed by atoms with Gasteiger partial charge in [0, 0.05) is 39.8 Å². The molecule has 0 spiro atoms. The van der Waals surface area contributed by atoms with Crippen molar-refractivity contribution in [3.05, 3.63) is 0 Å². The Kier molecular flexibility index (Phi) is 7.71. The third kappa shape index (κ3) is 5.23. The minimum atomic E-state index is 0.0192. The third-order valence-corrected chi connectivity index (χ3v) is 2.63. The molecule has 0 amide bonds. The first kappa shape index (κ1) is 13.9. The Morgan fingerprint density at radius 2 is 2.06 bits per heavy atom. The van der Waals surface area contributed by atoms with Crippen LogP contribution in [0.15, 0.2) is 0 Å². The minimum absolute atomic E-state index is 0.0192. The number of ether oxygens (including phenoxy) is 3. The van der Waals surface area contributed by atoms with Gasteiger partial charge in [-0.25, -0.2) is 0 Å². The number of hydrogen-bond donors (Lipinski definition) is 1. The normalized spacial score (nSPS) is 19.9. The van der Waals surface area contributed by atoms with Gasteiger partial charge >= 0.3 is 0 Å². The van der Waals surface area contributed by atoms with Gasteiger partial charge in [0.05, 0.1) is 19.8 Å². The Bertz CT molecular complexity index is 162. The Morgan fingerprint density at radius 1 is 1.31 bits per heavy atom. The first-order valence-corrected chi connectivity index (χ1v) is 5.91. The number of methoxy groups -OCH3 is 1. The van der Waals surface area contributed by atoms with Crippen LogP contribution < -0.4 is 0 Å². The smallest absolute Gasteiger partial charge is 0.112 e. The van der Waals surface area contributed by atoms with E-state index in [4.69, 9.17) is 19.3 Å². The van der Waals surface area contributed by atoms with Gasteiger partial charge in [-0.05, 0) is 6.42 Å². The molecule has 96 valence electrons. The number of rotatable bonds is 8. The molecular formula is C11H23NO4. The van der Waals surface area contributed by atoms with E-state index in [0.29, 0.717) is 13.0 Å². The van der Waals surface area contributed by atoms with Crippen molar-refractivity contribution in [2.45, 2.75) is 19.1 Å². The average molecular weight is 233 g/mol. The van der Waals surface area contributed by atoms with Gasteiger partial charge < -0.3 is 19.3 Å². The van der Waals surface area contributed by atoms with Gasteiger partial charge in [-0.3, -0.25) is 4.90 Å². The second-order valence-electron chi connectivity index (χ2n) is 3.83. The quantitative estimate of drug-likeness (QED) is 0.602. The summed E-state index contributed by atoms with van der Waals surface area (Å²) < 4.78 is 16.0. The van der Waals surface area contributed by atoms with Gasteiger partial charge in [0.1, 0.15) is 6.23 Å².